The van der Waals surface area contributed by atoms with E-state index in [9.17, 15) is 4.39 Å². The molecule has 0 heterocycles. The van der Waals surface area contributed by atoms with Gasteiger partial charge in [-0.2, -0.15) is 0 Å². The molecule has 0 spiro atoms. The standard InChI is InChI=1S/C15H15FO/c1-11-10-14(16)6-7-15(11)13-4-2-12(3-5-13)8-9-17/h2-7,10,17H,8-9H2,1H3. The molecule has 0 atom stereocenters. The van der Waals surface area contributed by atoms with Crippen LogP contribution in [0.1, 0.15) is 11.1 Å². The summed E-state index contributed by atoms with van der Waals surface area (Å²) in [6.45, 7) is 2.06. The molecule has 0 aliphatic rings. The van der Waals surface area contributed by atoms with Gasteiger partial charge in [0.1, 0.15) is 5.82 Å². The number of rotatable bonds is 3. The van der Waals surface area contributed by atoms with Gasteiger partial charge in [0.25, 0.3) is 0 Å². The van der Waals surface area contributed by atoms with Crippen molar-refractivity contribution in [2.24, 2.45) is 0 Å². The summed E-state index contributed by atoms with van der Waals surface area (Å²) in [4.78, 5) is 0. The zero-order chi connectivity index (χ0) is 12.3. The van der Waals surface area contributed by atoms with Gasteiger partial charge in [-0.05, 0) is 47.7 Å². The molecule has 2 heteroatoms. The predicted octanol–water partition coefficient (Wildman–Crippen LogP) is 3.34. The Bertz CT molecular complexity index is 503. The minimum Gasteiger partial charge on any atom is -0.396 e. The Kier molecular flexibility index (Phi) is 3.55. The van der Waals surface area contributed by atoms with E-state index in [1.54, 1.807) is 6.07 Å². The van der Waals surface area contributed by atoms with Crippen molar-refractivity contribution in [2.45, 2.75) is 13.3 Å². The summed E-state index contributed by atoms with van der Waals surface area (Å²) < 4.78 is 13.0. The molecule has 0 saturated heterocycles. The minimum absolute atomic E-state index is 0.162. The average molecular weight is 230 g/mol. The summed E-state index contributed by atoms with van der Waals surface area (Å²) in [6.07, 6.45) is 0.669. The molecule has 0 radical (unpaired) electrons. The van der Waals surface area contributed by atoms with Crippen LogP contribution in [-0.2, 0) is 6.42 Å². The van der Waals surface area contributed by atoms with Gasteiger partial charge >= 0.3 is 0 Å². The van der Waals surface area contributed by atoms with Crippen molar-refractivity contribution in [3.8, 4) is 11.1 Å². The third-order valence-corrected chi connectivity index (χ3v) is 2.85. The lowest BCUT2D eigenvalue weighted by Crippen LogP contribution is -1.90. The summed E-state index contributed by atoms with van der Waals surface area (Å²) in [5.41, 5.74) is 4.15. The highest BCUT2D eigenvalue weighted by Crippen LogP contribution is 2.24. The number of hydrogen-bond donors (Lipinski definition) is 1. The molecule has 0 bridgehead atoms. The summed E-state index contributed by atoms with van der Waals surface area (Å²) in [6, 6.07) is 12.8. The van der Waals surface area contributed by atoms with E-state index in [0.717, 1.165) is 22.3 Å². The van der Waals surface area contributed by atoms with Gasteiger partial charge in [-0.1, -0.05) is 30.3 Å². The molecule has 0 unspecified atom stereocenters. The fourth-order valence-corrected chi connectivity index (χ4v) is 1.93. The van der Waals surface area contributed by atoms with Gasteiger partial charge in [-0.3, -0.25) is 0 Å². The van der Waals surface area contributed by atoms with Crippen molar-refractivity contribution in [1.29, 1.82) is 0 Å². The molecular formula is C15H15FO. The molecule has 1 N–H and O–H groups in total. The highest BCUT2D eigenvalue weighted by atomic mass is 19.1. The van der Waals surface area contributed by atoms with Crippen LogP contribution in [0, 0.1) is 12.7 Å². The molecule has 0 saturated carbocycles. The maximum Gasteiger partial charge on any atom is 0.123 e. The van der Waals surface area contributed by atoms with Crippen LogP contribution in [0.2, 0.25) is 0 Å². The van der Waals surface area contributed by atoms with Gasteiger partial charge in [-0.15, -0.1) is 0 Å². The Hall–Kier alpha value is -1.67. The normalized spacial score (nSPS) is 10.5. The van der Waals surface area contributed by atoms with Crippen molar-refractivity contribution in [1.82, 2.24) is 0 Å². The predicted molar refractivity (Wildman–Crippen MR) is 67.4 cm³/mol. The maximum absolute atomic E-state index is 13.0. The van der Waals surface area contributed by atoms with Gasteiger partial charge in [0.05, 0.1) is 0 Å². The fraction of sp³-hybridized carbons (Fsp3) is 0.200. The molecule has 88 valence electrons. The zero-order valence-corrected chi connectivity index (χ0v) is 9.78. The van der Waals surface area contributed by atoms with Gasteiger partial charge in [-0.25, -0.2) is 4.39 Å². The molecule has 1 nitrogen and oxygen atoms in total. The third-order valence-electron chi connectivity index (χ3n) is 2.85. The number of halogens is 1. The SMILES string of the molecule is Cc1cc(F)ccc1-c1ccc(CCO)cc1. The van der Waals surface area contributed by atoms with Crippen LogP contribution in [0.25, 0.3) is 11.1 Å². The largest absolute Gasteiger partial charge is 0.396 e. The van der Waals surface area contributed by atoms with Crippen molar-refractivity contribution in [3.63, 3.8) is 0 Å². The monoisotopic (exact) mass is 230 g/mol. The lowest BCUT2D eigenvalue weighted by atomic mass is 9.99. The fourth-order valence-electron chi connectivity index (χ4n) is 1.93. The first-order chi connectivity index (χ1) is 8.20. The molecule has 0 amide bonds. The number of benzene rings is 2. The van der Waals surface area contributed by atoms with E-state index >= 15 is 0 Å². The first kappa shape index (κ1) is 11.8. The van der Waals surface area contributed by atoms with E-state index in [1.807, 2.05) is 31.2 Å². The van der Waals surface area contributed by atoms with Crippen molar-refractivity contribution in [3.05, 3.63) is 59.4 Å². The second-order valence-corrected chi connectivity index (χ2v) is 4.13. The number of aryl methyl sites for hydroxylation is 1. The van der Waals surface area contributed by atoms with Gasteiger partial charge in [0.15, 0.2) is 0 Å². The van der Waals surface area contributed by atoms with E-state index < -0.39 is 0 Å². The first-order valence-electron chi connectivity index (χ1n) is 5.67. The minimum atomic E-state index is -0.205. The lowest BCUT2D eigenvalue weighted by Gasteiger charge is -2.07. The Labute approximate surface area is 101 Å². The molecule has 2 aromatic rings. The Balaban J connectivity index is 2.33. The quantitative estimate of drug-likeness (QED) is 0.857. The summed E-state index contributed by atoms with van der Waals surface area (Å²) in [7, 11) is 0. The van der Waals surface area contributed by atoms with Gasteiger partial charge < -0.3 is 5.11 Å². The topological polar surface area (TPSA) is 20.2 Å². The Morgan fingerprint density at radius 2 is 1.76 bits per heavy atom. The van der Waals surface area contributed by atoms with E-state index in [4.69, 9.17) is 5.11 Å². The second-order valence-electron chi connectivity index (χ2n) is 4.13. The average Bonchev–Trinajstić information content (AvgIpc) is 2.31. The third kappa shape index (κ3) is 2.71. The molecule has 2 rings (SSSR count). The molecule has 0 aromatic heterocycles. The van der Waals surface area contributed by atoms with E-state index in [1.165, 1.54) is 12.1 Å². The molecule has 17 heavy (non-hydrogen) atoms. The van der Waals surface area contributed by atoms with E-state index in [2.05, 4.69) is 0 Å². The van der Waals surface area contributed by atoms with Crippen molar-refractivity contribution >= 4 is 0 Å². The Morgan fingerprint density at radius 3 is 2.35 bits per heavy atom. The molecule has 0 aliphatic heterocycles. The van der Waals surface area contributed by atoms with Crippen LogP contribution < -0.4 is 0 Å². The van der Waals surface area contributed by atoms with E-state index in [0.29, 0.717) is 6.42 Å². The molecule has 0 fully saturated rings. The number of aliphatic hydroxyl groups excluding tert-OH is 1. The van der Waals surface area contributed by atoms with Crippen LogP contribution >= 0.6 is 0 Å². The summed E-state index contributed by atoms with van der Waals surface area (Å²) in [5, 5.41) is 8.84. The van der Waals surface area contributed by atoms with Gasteiger partial charge in [0.2, 0.25) is 0 Å². The smallest absolute Gasteiger partial charge is 0.123 e. The molecular weight excluding hydrogens is 215 g/mol. The zero-order valence-electron chi connectivity index (χ0n) is 9.78. The second kappa shape index (κ2) is 5.11. The number of aliphatic hydroxyl groups is 1. The van der Waals surface area contributed by atoms with Crippen LogP contribution in [0.15, 0.2) is 42.5 Å². The van der Waals surface area contributed by atoms with Crippen LogP contribution in [0.4, 0.5) is 4.39 Å². The molecule has 0 aliphatic carbocycles. The van der Waals surface area contributed by atoms with Crippen LogP contribution in [0.5, 0.6) is 0 Å². The van der Waals surface area contributed by atoms with Crippen LogP contribution in [-0.4, -0.2) is 11.7 Å². The van der Waals surface area contributed by atoms with Crippen LogP contribution in [0.3, 0.4) is 0 Å². The lowest BCUT2D eigenvalue weighted by molar-refractivity contribution is 0.299. The van der Waals surface area contributed by atoms with Gasteiger partial charge in [0, 0.05) is 6.61 Å². The first-order valence-corrected chi connectivity index (χ1v) is 5.67. The highest BCUT2D eigenvalue weighted by molar-refractivity contribution is 5.67. The van der Waals surface area contributed by atoms with E-state index in [-0.39, 0.29) is 12.4 Å². The summed E-state index contributed by atoms with van der Waals surface area (Å²) >= 11 is 0. The van der Waals surface area contributed by atoms with Crippen molar-refractivity contribution in [2.75, 3.05) is 6.61 Å². The molecule has 2 aromatic carbocycles. The number of hydrogen-bond acceptors (Lipinski definition) is 1. The maximum atomic E-state index is 13.0. The summed E-state index contributed by atoms with van der Waals surface area (Å²) in [5.74, 6) is -0.205. The highest BCUT2D eigenvalue weighted by Gasteiger charge is 2.03. The Morgan fingerprint density at radius 1 is 1.06 bits per heavy atom. The van der Waals surface area contributed by atoms with Crippen molar-refractivity contribution < 1.29 is 9.50 Å².